The molecule has 0 aliphatic heterocycles. The lowest BCUT2D eigenvalue weighted by Gasteiger charge is -2.28. The Labute approximate surface area is 124 Å². The van der Waals surface area contributed by atoms with E-state index in [1.807, 2.05) is 48.0 Å². The Balaban J connectivity index is 1.87. The summed E-state index contributed by atoms with van der Waals surface area (Å²) in [5.41, 5.74) is 5.89. The largest absolute Gasteiger partial charge is 0.368 e. The molecule has 5 heteroatoms. The smallest absolute Gasteiger partial charge is 0.239 e. The van der Waals surface area contributed by atoms with Crippen LogP contribution < -0.4 is 11.1 Å². The van der Waals surface area contributed by atoms with Gasteiger partial charge in [-0.3, -0.25) is 10.1 Å². The minimum atomic E-state index is -0.759. The fourth-order valence-corrected chi connectivity index (χ4v) is 2.50. The van der Waals surface area contributed by atoms with Gasteiger partial charge in [0.25, 0.3) is 0 Å². The van der Waals surface area contributed by atoms with E-state index in [1.54, 1.807) is 6.20 Å². The highest BCUT2D eigenvalue weighted by Crippen LogP contribution is 2.25. The summed E-state index contributed by atoms with van der Waals surface area (Å²) in [6, 6.07) is 10.3. The van der Waals surface area contributed by atoms with Crippen LogP contribution >= 0.6 is 0 Å². The highest BCUT2D eigenvalue weighted by atomic mass is 16.1. The molecule has 1 amide bonds. The maximum atomic E-state index is 11.9. The van der Waals surface area contributed by atoms with Crippen molar-refractivity contribution >= 4 is 5.91 Å². The summed E-state index contributed by atoms with van der Waals surface area (Å²) in [6.45, 7) is 2.34. The van der Waals surface area contributed by atoms with E-state index in [0.29, 0.717) is 12.6 Å². The molecule has 0 bridgehead atoms. The van der Waals surface area contributed by atoms with E-state index in [-0.39, 0.29) is 5.91 Å². The summed E-state index contributed by atoms with van der Waals surface area (Å²) < 4.78 is 1.98. The van der Waals surface area contributed by atoms with Gasteiger partial charge in [0.05, 0.1) is 6.54 Å². The topological polar surface area (TPSA) is 72.9 Å². The Hall–Kier alpha value is -2.14. The van der Waals surface area contributed by atoms with Gasteiger partial charge in [0.15, 0.2) is 0 Å². The van der Waals surface area contributed by atoms with Gasteiger partial charge in [-0.25, -0.2) is 4.98 Å². The lowest BCUT2D eigenvalue weighted by molar-refractivity contribution is -0.124. The summed E-state index contributed by atoms with van der Waals surface area (Å²) in [5, 5.41) is 3.36. The van der Waals surface area contributed by atoms with Gasteiger partial charge >= 0.3 is 0 Å². The standard InChI is InChI=1S/C16H20N4O/c1-16(15(17)21,19-13-7-8-13)11-20-10-9-18-14(20)12-5-3-2-4-6-12/h2-6,9-10,13,19H,7-8,11H2,1H3,(H2,17,21). The first-order valence-electron chi connectivity index (χ1n) is 7.23. The number of carbonyl (C=O) groups is 1. The third kappa shape index (κ3) is 2.97. The van der Waals surface area contributed by atoms with E-state index in [2.05, 4.69) is 10.3 Å². The van der Waals surface area contributed by atoms with Crippen LogP contribution in [0.25, 0.3) is 11.4 Å². The summed E-state index contributed by atoms with van der Waals surface area (Å²) in [6.07, 6.45) is 5.86. The second kappa shape index (κ2) is 5.33. The molecule has 1 aromatic carbocycles. The number of carbonyl (C=O) groups excluding carboxylic acids is 1. The molecular formula is C16H20N4O. The summed E-state index contributed by atoms with van der Waals surface area (Å²) in [7, 11) is 0. The molecule has 1 aliphatic carbocycles. The van der Waals surface area contributed by atoms with Crippen molar-refractivity contribution in [3.63, 3.8) is 0 Å². The number of amides is 1. The van der Waals surface area contributed by atoms with Crippen LogP contribution in [0.2, 0.25) is 0 Å². The molecule has 110 valence electrons. The van der Waals surface area contributed by atoms with Crippen molar-refractivity contribution in [2.24, 2.45) is 5.73 Å². The quantitative estimate of drug-likeness (QED) is 0.845. The van der Waals surface area contributed by atoms with Gasteiger partial charge in [0, 0.05) is 24.0 Å². The molecule has 1 aromatic heterocycles. The Morgan fingerprint density at radius 3 is 2.76 bits per heavy atom. The molecule has 5 nitrogen and oxygen atoms in total. The third-order valence-electron chi connectivity index (χ3n) is 3.88. The summed E-state index contributed by atoms with van der Waals surface area (Å²) in [4.78, 5) is 16.3. The zero-order chi connectivity index (χ0) is 14.9. The van der Waals surface area contributed by atoms with E-state index in [9.17, 15) is 4.79 Å². The van der Waals surface area contributed by atoms with Gasteiger partial charge in [-0.2, -0.15) is 0 Å². The number of benzene rings is 1. The first kappa shape index (κ1) is 13.8. The molecule has 3 N–H and O–H groups in total. The second-order valence-corrected chi connectivity index (χ2v) is 5.86. The van der Waals surface area contributed by atoms with Gasteiger partial charge < -0.3 is 10.3 Å². The zero-order valence-electron chi connectivity index (χ0n) is 12.1. The van der Waals surface area contributed by atoms with Crippen molar-refractivity contribution in [2.75, 3.05) is 0 Å². The van der Waals surface area contributed by atoms with Crippen molar-refractivity contribution in [1.29, 1.82) is 0 Å². The van der Waals surface area contributed by atoms with Crippen LogP contribution in [-0.4, -0.2) is 27.0 Å². The number of nitrogens with two attached hydrogens (primary N) is 1. The molecule has 21 heavy (non-hydrogen) atoms. The average Bonchev–Trinajstić information content (AvgIpc) is 3.15. The third-order valence-corrected chi connectivity index (χ3v) is 3.88. The normalized spacial score (nSPS) is 17.4. The summed E-state index contributed by atoms with van der Waals surface area (Å²) in [5.74, 6) is 0.516. The van der Waals surface area contributed by atoms with Crippen LogP contribution in [0.3, 0.4) is 0 Å². The first-order valence-corrected chi connectivity index (χ1v) is 7.23. The molecule has 0 radical (unpaired) electrons. The minimum absolute atomic E-state index is 0.331. The van der Waals surface area contributed by atoms with Crippen LogP contribution in [0.5, 0.6) is 0 Å². The van der Waals surface area contributed by atoms with Crippen molar-refractivity contribution in [1.82, 2.24) is 14.9 Å². The lowest BCUT2D eigenvalue weighted by atomic mass is 10.0. The van der Waals surface area contributed by atoms with E-state index in [4.69, 9.17) is 5.73 Å². The molecule has 1 saturated carbocycles. The van der Waals surface area contributed by atoms with Crippen LogP contribution in [0.15, 0.2) is 42.7 Å². The highest BCUT2D eigenvalue weighted by molar-refractivity contribution is 5.84. The van der Waals surface area contributed by atoms with E-state index < -0.39 is 5.54 Å². The van der Waals surface area contributed by atoms with E-state index in [0.717, 1.165) is 24.2 Å². The van der Waals surface area contributed by atoms with Crippen LogP contribution in [0.1, 0.15) is 19.8 Å². The van der Waals surface area contributed by atoms with Crippen LogP contribution in [-0.2, 0) is 11.3 Å². The maximum Gasteiger partial charge on any atom is 0.239 e. The Morgan fingerprint density at radius 1 is 1.43 bits per heavy atom. The molecule has 0 saturated heterocycles. The molecule has 2 aromatic rings. The number of hydrogen-bond acceptors (Lipinski definition) is 3. The van der Waals surface area contributed by atoms with Gasteiger partial charge in [-0.05, 0) is 19.8 Å². The predicted octanol–water partition coefficient (Wildman–Crippen LogP) is 1.55. The van der Waals surface area contributed by atoms with Crippen molar-refractivity contribution in [3.8, 4) is 11.4 Å². The SMILES string of the molecule is CC(Cn1ccnc1-c1ccccc1)(NC1CC1)C(N)=O. The van der Waals surface area contributed by atoms with Gasteiger partial charge in [-0.15, -0.1) is 0 Å². The number of aromatic nitrogens is 2. The second-order valence-electron chi connectivity index (χ2n) is 5.86. The van der Waals surface area contributed by atoms with E-state index in [1.165, 1.54) is 0 Å². The fraction of sp³-hybridized carbons (Fsp3) is 0.375. The van der Waals surface area contributed by atoms with E-state index >= 15 is 0 Å². The number of imidazole rings is 1. The van der Waals surface area contributed by atoms with Gasteiger partial charge in [-0.1, -0.05) is 30.3 Å². The first-order chi connectivity index (χ1) is 10.1. The van der Waals surface area contributed by atoms with Crippen LogP contribution in [0, 0.1) is 0 Å². The number of rotatable bonds is 6. The van der Waals surface area contributed by atoms with Crippen molar-refractivity contribution in [2.45, 2.75) is 37.9 Å². The lowest BCUT2D eigenvalue weighted by Crippen LogP contribution is -2.56. The molecule has 3 rings (SSSR count). The summed E-state index contributed by atoms with van der Waals surface area (Å²) >= 11 is 0. The fourth-order valence-electron chi connectivity index (χ4n) is 2.50. The van der Waals surface area contributed by atoms with Gasteiger partial charge in [0.1, 0.15) is 11.4 Å². The zero-order valence-corrected chi connectivity index (χ0v) is 12.1. The molecule has 0 spiro atoms. The monoisotopic (exact) mass is 284 g/mol. The highest BCUT2D eigenvalue weighted by Gasteiger charge is 2.37. The Bertz CT molecular complexity index is 633. The number of hydrogen-bond donors (Lipinski definition) is 2. The molecule has 1 atom stereocenters. The Morgan fingerprint density at radius 2 is 2.14 bits per heavy atom. The predicted molar refractivity (Wildman–Crippen MR) is 81.4 cm³/mol. The molecular weight excluding hydrogens is 264 g/mol. The maximum absolute atomic E-state index is 11.9. The number of primary amides is 1. The number of nitrogens with zero attached hydrogens (tertiary/aromatic N) is 2. The minimum Gasteiger partial charge on any atom is -0.368 e. The van der Waals surface area contributed by atoms with Crippen LogP contribution in [0.4, 0.5) is 0 Å². The number of nitrogens with one attached hydrogen (secondary N) is 1. The van der Waals surface area contributed by atoms with Crippen molar-refractivity contribution < 1.29 is 4.79 Å². The average molecular weight is 284 g/mol. The van der Waals surface area contributed by atoms with Crippen molar-refractivity contribution in [3.05, 3.63) is 42.7 Å². The molecule has 1 heterocycles. The Kier molecular flexibility index (Phi) is 3.51. The molecule has 1 aliphatic rings. The van der Waals surface area contributed by atoms with Gasteiger partial charge in [0.2, 0.25) is 5.91 Å². The molecule has 1 fully saturated rings. The molecule has 1 unspecified atom stereocenters.